The number of anilines is 2. The Labute approximate surface area is 227 Å². The standard InChI is InChI=1S/C29H30N8O2/c1-19-6-7-22(18-30)28(33-19)39-23-5-3-4-20(16-23)10-11-32-27(38)21-8-9-24-25(17-21)34-29(31)35-26(24)37-14-12-36(2)13-15-37/h3-9,16-17H,10-15H2,1-2H3,(H,32,38)(H2,31,34,35). The molecule has 0 saturated carbocycles. The molecular weight excluding hydrogens is 492 g/mol. The van der Waals surface area contributed by atoms with E-state index in [-0.39, 0.29) is 17.7 Å². The molecular formula is C29H30N8O2. The number of nitrogens with zero attached hydrogens (tertiary/aromatic N) is 6. The third kappa shape index (κ3) is 6.05. The summed E-state index contributed by atoms with van der Waals surface area (Å²) in [6, 6.07) is 18.6. The van der Waals surface area contributed by atoms with Gasteiger partial charge in [-0.15, -0.1) is 0 Å². The highest BCUT2D eigenvalue weighted by Gasteiger charge is 2.19. The SMILES string of the molecule is Cc1ccc(C#N)c(Oc2cccc(CCNC(=O)c3ccc4c(N5CCN(C)CC5)nc(N)nc4c3)c2)n1. The second kappa shape index (κ2) is 11.3. The molecule has 5 rings (SSSR count). The van der Waals surface area contributed by atoms with E-state index in [0.717, 1.165) is 48.6 Å². The van der Waals surface area contributed by atoms with Crippen LogP contribution in [0.5, 0.6) is 11.6 Å². The summed E-state index contributed by atoms with van der Waals surface area (Å²) in [5.41, 5.74) is 9.30. The average molecular weight is 523 g/mol. The van der Waals surface area contributed by atoms with Crippen molar-refractivity contribution in [1.29, 1.82) is 5.26 Å². The maximum atomic E-state index is 12.9. The van der Waals surface area contributed by atoms with Crippen molar-refractivity contribution in [2.24, 2.45) is 0 Å². The molecule has 0 bridgehead atoms. The minimum atomic E-state index is -0.190. The van der Waals surface area contributed by atoms with Gasteiger partial charge in [0.15, 0.2) is 0 Å². The number of hydrogen-bond acceptors (Lipinski definition) is 9. The van der Waals surface area contributed by atoms with E-state index in [9.17, 15) is 10.1 Å². The van der Waals surface area contributed by atoms with Gasteiger partial charge in [0, 0.05) is 49.4 Å². The van der Waals surface area contributed by atoms with Crippen molar-refractivity contribution in [3.05, 3.63) is 77.0 Å². The molecule has 0 radical (unpaired) electrons. The maximum Gasteiger partial charge on any atom is 0.251 e. The first kappa shape index (κ1) is 25.9. The van der Waals surface area contributed by atoms with E-state index in [1.54, 1.807) is 24.3 Å². The molecule has 0 aliphatic carbocycles. The number of benzene rings is 2. The summed E-state index contributed by atoms with van der Waals surface area (Å²) in [4.78, 5) is 30.6. The predicted octanol–water partition coefficient (Wildman–Crippen LogP) is 3.30. The van der Waals surface area contributed by atoms with Crippen LogP contribution in [0.2, 0.25) is 0 Å². The van der Waals surface area contributed by atoms with Gasteiger partial charge in [-0.1, -0.05) is 12.1 Å². The molecule has 4 aromatic rings. The van der Waals surface area contributed by atoms with Gasteiger partial charge in [-0.2, -0.15) is 10.2 Å². The van der Waals surface area contributed by atoms with E-state index in [1.807, 2.05) is 37.3 Å². The molecule has 2 aromatic carbocycles. The van der Waals surface area contributed by atoms with Gasteiger partial charge in [-0.05, 0) is 68.4 Å². The largest absolute Gasteiger partial charge is 0.438 e. The first-order valence-electron chi connectivity index (χ1n) is 12.8. The monoisotopic (exact) mass is 522 g/mol. The zero-order valence-electron chi connectivity index (χ0n) is 22.0. The maximum absolute atomic E-state index is 12.9. The number of nitrogen functional groups attached to an aromatic ring is 1. The van der Waals surface area contributed by atoms with E-state index in [1.165, 1.54) is 0 Å². The Morgan fingerprint density at radius 1 is 1.08 bits per heavy atom. The van der Waals surface area contributed by atoms with E-state index in [0.29, 0.717) is 35.4 Å². The Balaban J connectivity index is 1.24. The van der Waals surface area contributed by atoms with Crippen molar-refractivity contribution >= 4 is 28.6 Å². The van der Waals surface area contributed by atoms with Crippen molar-refractivity contribution in [1.82, 2.24) is 25.2 Å². The van der Waals surface area contributed by atoms with E-state index in [2.05, 4.69) is 43.2 Å². The van der Waals surface area contributed by atoms with Crippen LogP contribution in [0.15, 0.2) is 54.6 Å². The fourth-order valence-electron chi connectivity index (χ4n) is 4.53. The number of aromatic nitrogens is 3. The number of hydrogen-bond donors (Lipinski definition) is 2. The third-order valence-corrected chi connectivity index (χ3v) is 6.69. The molecule has 1 aliphatic heterocycles. The number of carbonyl (C=O) groups excluding carboxylic acids is 1. The molecule has 1 saturated heterocycles. The summed E-state index contributed by atoms with van der Waals surface area (Å²) < 4.78 is 5.88. The number of aryl methyl sites for hydroxylation is 1. The van der Waals surface area contributed by atoms with Gasteiger partial charge >= 0.3 is 0 Å². The Bertz CT molecular complexity index is 1560. The highest BCUT2D eigenvalue weighted by Crippen LogP contribution is 2.27. The van der Waals surface area contributed by atoms with Crippen LogP contribution >= 0.6 is 0 Å². The number of pyridine rings is 1. The van der Waals surface area contributed by atoms with Gasteiger partial charge in [0.05, 0.1) is 5.52 Å². The van der Waals surface area contributed by atoms with Crippen LogP contribution in [-0.2, 0) is 6.42 Å². The minimum Gasteiger partial charge on any atom is -0.438 e. The summed E-state index contributed by atoms with van der Waals surface area (Å²) in [6.07, 6.45) is 0.603. The molecule has 1 amide bonds. The van der Waals surface area contributed by atoms with Crippen LogP contribution in [0.3, 0.4) is 0 Å². The van der Waals surface area contributed by atoms with Crippen LogP contribution in [0.1, 0.15) is 27.2 Å². The van der Waals surface area contributed by atoms with Gasteiger partial charge in [0.1, 0.15) is 23.2 Å². The summed E-state index contributed by atoms with van der Waals surface area (Å²) in [5, 5.41) is 13.2. The summed E-state index contributed by atoms with van der Waals surface area (Å²) in [7, 11) is 2.10. The van der Waals surface area contributed by atoms with Gasteiger partial charge < -0.3 is 25.6 Å². The van der Waals surface area contributed by atoms with E-state index in [4.69, 9.17) is 10.5 Å². The van der Waals surface area contributed by atoms with E-state index >= 15 is 0 Å². The smallest absolute Gasteiger partial charge is 0.251 e. The number of amides is 1. The van der Waals surface area contributed by atoms with Gasteiger partial charge in [-0.3, -0.25) is 4.79 Å². The number of fused-ring (bicyclic) bond motifs is 1. The first-order chi connectivity index (χ1) is 18.9. The second-order valence-electron chi connectivity index (χ2n) is 9.60. The molecule has 39 heavy (non-hydrogen) atoms. The summed E-state index contributed by atoms with van der Waals surface area (Å²) >= 11 is 0. The zero-order valence-corrected chi connectivity index (χ0v) is 22.0. The molecule has 198 valence electrons. The Morgan fingerprint density at radius 2 is 1.90 bits per heavy atom. The minimum absolute atomic E-state index is 0.190. The molecule has 2 aromatic heterocycles. The summed E-state index contributed by atoms with van der Waals surface area (Å²) in [6.45, 7) is 5.90. The van der Waals surface area contributed by atoms with Crippen LogP contribution in [0.4, 0.5) is 11.8 Å². The number of nitrogens with two attached hydrogens (primary N) is 1. The molecule has 3 heterocycles. The number of nitriles is 1. The molecule has 10 nitrogen and oxygen atoms in total. The lowest BCUT2D eigenvalue weighted by atomic mass is 10.1. The number of likely N-dealkylation sites (N-methyl/N-ethyl adjacent to an activating group) is 1. The number of nitrogens with one attached hydrogen (secondary N) is 1. The average Bonchev–Trinajstić information content (AvgIpc) is 2.93. The predicted molar refractivity (Wildman–Crippen MR) is 150 cm³/mol. The fourth-order valence-corrected chi connectivity index (χ4v) is 4.53. The van der Waals surface area contributed by atoms with Gasteiger partial charge in [0.25, 0.3) is 5.91 Å². The lowest BCUT2D eigenvalue weighted by molar-refractivity contribution is 0.0954. The summed E-state index contributed by atoms with van der Waals surface area (Å²) in [5.74, 6) is 1.67. The lowest BCUT2D eigenvalue weighted by Gasteiger charge is -2.33. The normalized spacial score (nSPS) is 13.7. The number of rotatable bonds is 7. The van der Waals surface area contributed by atoms with Crippen molar-refractivity contribution in [3.63, 3.8) is 0 Å². The van der Waals surface area contributed by atoms with Crippen molar-refractivity contribution < 1.29 is 9.53 Å². The van der Waals surface area contributed by atoms with Crippen molar-refractivity contribution in [3.8, 4) is 17.7 Å². The molecule has 0 spiro atoms. The van der Waals surface area contributed by atoms with Crippen LogP contribution in [0.25, 0.3) is 10.9 Å². The third-order valence-electron chi connectivity index (χ3n) is 6.69. The Morgan fingerprint density at radius 3 is 2.69 bits per heavy atom. The number of ether oxygens (including phenoxy) is 1. The highest BCUT2D eigenvalue weighted by molar-refractivity contribution is 6.00. The van der Waals surface area contributed by atoms with Crippen LogP contribution in [0, 0.1) is 18.3 Å². The lowest BCUT2D eigenvalue weighted by Crippen LogP contribution is -2.45. The van der Waals surface area contributed by atoms with Crippen molar-refractivity contribution in [2.45, 2.75) is 13.3 Å². The molecule has 10 heteroatoms. The van der Waals surface area contributed by atoms with Crippen LogP contribution in [-0.4, -0.2) is 65.5 Å². The Kier molecular flexibility index (Phi) is 7.52. The number of piperazine rings is 1. The molecule has 3 N–H and O–H groups in total. The van der Waals surface area contributed by atoms with Gasteiger partial charge in [0.2, 0.25) is 11.8 Å². The second-order valence-corrected chi connectivity index (χ2v) is 9.60. The van der Waals surface area contributed by atoms with Crippen LogP contribution < -0.4 is 20.7 Å². The topological polar surface area (TPSA) is 133 Å². The van der Waals surface area contributed by atoms with Gasteiger partial charge in [-0.25, -0.2) is 9.97 Å². The van der Waals surface area contributed by atoms with Crippen molar-refractivity contribution in [2.75, 3.05) is 50.4 Å². The molecule has 1 aliphatic rings. The Hall–Kier alpha value is -4.75. The molecule has 0 atom stereocenters. The zero-order chi connectivity index (χ0) is 27.4. The quantitative estimate of drug-likeness (QED) is 0.375. The first-order valence-corrected chi connectivity index (χ1v) is 12.8. The highest BCUT2D eigenvalue weighted by atomic mass is 16.5. The van der Waals surface area contributed by atoms with E-state index < -0.39 is 0 Å². The number of carbonyl (C=O) groups is 1. The molecule has 1 fully saturated rings. The fraction of sp³-hybridized carbons (Fsp3) is 0.276. The molecule has 0 unspecified atom stereocenters.